The minimum absolute atomic E-state index is 0.181. The summed E-state index contributed by atoms with van der Waals surface area (Å²) in [6.07, 6.45) is 3.36. The monoisotopic (exact) mass is 172 g/mol. The van der Waals surface area contributed by atoms with E-state index in [-0.39, 0.29) is 9.91 Å². The van der Waals surface area contributed by atoms with Crippen LogP contribution in [0, 0.1) is 5.41 Å². The normalized spacial score (nSPS) is 15.8. The molecule has 0 aromatic rings. The average Bonchev–Trinajstić information content (AvgIpc) is 1.87. The van der Waals surface area contributed by atoms with Crippen LogP contribution in [0.2, 0.25) is 6.32 Å². The summed E-state index contributed by atoms with van der Waals surface area (Å²) in [4.78, 5) is 0. The van der Waals surface area contributed by atoms with Gasteiger partial charge in [-0.05, 0) is 6.42 Å². The van der Waals surface area contributed by atoms with Crippen LogP contribution in [0.15, 0.2) is 0 Å². The molecular weight excluding hydrogens is 155 g/mol. The van der Waals surface area contributed by atoms with E-state index in [2.05, 4.69) is 21.7 Å². The summed E-state index contributed by atoms with van der Waals surface area (Å²) >= 11 is 1.49. The molecule has 0 rings (SSSR count). The number of nitrogens with one attached hydrogen (secondary N) is 1. The molecule has 0 heterocycles. The van der Waals surface area contributed by atoms with Gasteiger partial charge in [-0.2, -0.15) is 0 Å². The number of thioether (sulfide) groups is 1. The lowest BCUT2D eigenvalue weighted by atomic mass is 9.89. The second-order valence-electron chi connectivity index (χ2n) is 3.02. The van der Waals surface area contributed by atoms with E-state index in [1.807, 2.05) is 0 Å². The van der Waals surface area contributed by atoms with Crippen LogP contribution in [0.5, 0.6) is 0 Å². The van der Waals surface area contributed by atoms with Crippen LogP contribution in [0.4, 0.5) is 0 Å². The summed E-state index contributed by atoms with van der Waals surface area (Å²) in [6.45, 7) is 4.33. The number of rotatable bonds is 4. The van der Waals surface area contributed by atoms with Gasteiger partial charge in [-0.25, -0.2) is 0 Å². The van der Waals surface area contributed by atoms with Gasteiger partial charge in [-0.15, -0.1) is 0 Å². The van der Waals surface area contributed by atoms with Crippen LogP contribution in [-0.2, 0) is 0 Å². The Balaban J connectivity index is 3.98. The minimum Gasteiger partial charge on any atom is -0.379 e. The maximum atomic E-state index is 7.17. The van der Waals surface area contributed by atoms with Crippen LogP contribution in [0.3, 0.4) is 0 Å². The van der Waals surface area contributed by atoms with Crippen molar-refractivity contribution in [2.45, 2.75) is 37.8 Å². The highest BCUT2D eigenvalue weighted by Gasteiger charge is 2.22. The first-order chi connectivity index (χ1) is 5.04. The van der Waals surface area contributed by atoms with Gasteiger partial charge in [0.2, 0.25) is 0 Å². The predicted octanol–water partition coefficient (Wildman–Crippen LogP) is 1.22. The number of hydrogen-bond donors (Lipinski definition) is 2. The fraction of sp³-hybridized carbons (Fsp3) is 0.857. The maximum absolute atomic E-state index is 7.17. The van der Waals surface area contributed by atoms with Gasteiger partial charge in [0, 0.05) is 4.75 Å². The van der Waals surface area contributed by atoms with Crippen LogP contribution in [0.25, 0.3) is 0 Å². The van der Waals surface area contributed by atoms with Gasteiger partial charge in [0.15, 0.2) is 5.17 Å². The largest absolute Gasteiger partial charge is 0.379 e. The Morgan fingerprint density at radius 3 is 2.55 bits per heavy atom. The molecule has 0 amide bonds. The summed E-state index contributed by atoms with van der Waals surface area (Å²) in [5.41, 5.74) is 5.33. The molecule has 0 bridgehead atoms. The zero-order valence-electron chi connectivity index (χ0n) is 7.61. The molecule has 64 valence electrons. The highest BCUT2D eigenvalue weighted by molar-refractivity contribution is 8.14. The second-order valence-corrected chi connectivity index (χ2v) is 4.65. The van der Waals surface area contributed by atoms with Crippen molar-refractivity contribution in [2.75, 3.05) is 0 Å². The zero-order chi connectivity index (χ0) is 8.91. The topological polar surface area (TPSA) is 49.9 Å². The summed E-state index contributed by atoms with van der Waals surface area (Å²) < 4.78 is 0.181. The van der Waals surface area contributed by atoms with E-state index in [1.165, 1.54) is 11.8 Å². The molecule has 0 saturated carbocycles. The van der Waals surface area contributed by atoms with E-state index < -0.39 is 0 Å². The molecule has 1 unspecified atom stereocenters. The Morgan fingerprint density at radius 1 is 1.73 bits per heavy atom. The first kappa shape index (κ1) is 10.9. The van der Waals surface area contributed by atoms with E-state index in [0.717, 1.165) is 19.2 Å². The fourth-order valence-electron chi connectivity index (χ4n) is 1.09. The molecule has 3 N–H and O–H groups in total. The first-order valence-corrected chi connectivity index (χ1v) is 4.88. The SMILES string of the molecule is BCC(C)(CCC)SC(=N)N. The smallest absolute Gasteiger partial charge is 0.151 e. The Labute approximate surface area is 74.2 Å². The highest BCUT2D eigenvalue weighted by Crippen LogP contribution is 2.32. The molecule has 0 saturated heterocycles. The lowest BCUT2D eigenvalue weighted by Crippen LogP contribution is -2.24. The Hall–Kier alpha value is -0.115. The molecule has 4 heteroatoms. The molecule has 0 aliphatic rings. The van der Waals surface area contributed by atoms with Gasteiger partial charge in [0.25, 0.3) is 0 Å². The van der Waals surface area contributed by atoms with E-state index in [0.29, 0.717) is 0 Å². The quantitative estimate of drug-likeness (QED) is 0.380. The van der Waals surface area contributed by atoms with Gasteiger partial charge >= 0.3 is 0 Å². The predicted molar refractivity (Wildman–Crippen MR) is 56.2 cm³/mol. The minimum atomic E-state index is 0.181. The third-order valence-corrected chi connectivity index (χ3v) is 3.09. The van der Waals surface area contributed by atoms with Gasteiger partial charge in [0.05, 0.1) is 0 Å². The summed E-state index contributed by atoms with van der Waals surface area (Å²) in [5, 5.41) is 7.41. The molecule has 0 fully saturated rings. The van der Waals surface area contributed by atoms with Crippen molar-refractivity contribution in [3.05, 3.63) is 0 Å². The van der Waals surface area contributed by atoms with Crippen molar-refractivity contribution in [1.82, 2.24) is 0 Å². The summed E-state index contributed by atoms with van der Waals surface area (Å²) in [5.74, 6) is 0. The van der Waals surface area contributed by atoms with E-state index in [4.69, 9.17) is 11.1 Å². The number of amidine groups is 1. The van der Waals surface area contributed by atoms with Crippen LogP contribution in [0.1, 0.15) is 26.7 Å². The lowest BCUT2D eigenvalue weighted by Gasteiger charge is -2.25. The summed E-state index contributed by atoms with van der Waals surface area (Å²) in [7, 11) is 2.14. The molecule has 0 spiro atoms. The zero-order valence-corrected chi connectivity index (χ0v) is 8.42. The van der Waals surface area contributed by atoms with E-state index in [1.54, 1.807) is 0 Å². The Kier molecular flexibility index (Phi) is 4.65. The van der Waals surface area contributed by atoms with Crippen LogP contribution < -0.4 is 5.73 Å². The average molecular weight is 172 g/mol. The Morgan fingerprint density at radius 2 is 2.27 bits per heavy atom. The fourth-order valence-corrected chi connectivity index (χ4v) is 2.08. The third-order valence-electron chi connectivity index (χ3n) is 1.88. The molecule has 11 heavy (non-hydrogen) atoms. The van der Waals surface area contributed by atoms with Gasteiger partial charge in [0.1, 0.15) is 7.85 Å². The molecular formula is C7H17BN2S. The lowest BCUT2D eigenvalue weighted by molar-refractivity contribution is 0.629. The van der Waals surface area contributed by atoms with Crippen molar-refractivity contribution in [3.63, 3.8) is 0 Å². The standard InChI is InChI=1S/C7H17BN2S/c1-3-4-7(2,5-8)11-6(9)10/h3-5,8H2,1-2H3,(H3,9,10). The van der Waals surface area contributed by atoms with Crippen LogP contribution in [-0.4, -0.2) is 17.8 Å². The molecule has 0 aliphatic heterocycles. The van der Waals surface area contributed by atoms with Crippen molar-refractivity contribution in [2.24, 2.45) is 5.73 Å². The molecule has 0 radical (unpaired) electrons. The van der Waals surface area contributed by atoms with Gasteiger partial charge in [-0.1, -0.05) is 38.4 Å². The second kappa shape index (κ2) is 4.70. The molecule has 0 aromatic carbocycles. The van der Waals surface area contributed by atoms with Crippen molar-refractivity contribution < 1.29 is 0 Å². The number of hydrogen-bond acceptors (Lipinski definition) is 2. The summed E-state index contributed by atoms with van der Waals surface area (Å²) in [6, 6.07) is 0. The van der Waals surface area contributed by atoms with E-state index in [9.17, 15) is 0 Å². The van der Waals surface area contributed by atoms with Gasteiger partial charge in [-0.3, -0.25) is 5.41 Å². The van der Waals surface area contributed by atoms with Crippen molar-refractivity contribution in [1.29, 1.82) is 5.41 Å². The first-order valence-electron chi connectivity index (χ1n) is 4.07. The van der Waals surface area contributed by atoms with Gasteiger partial charge < -0.3 is 5.73 Å². The van der Waals surface area contributed by atoms with Crippen LogP contribution >= 0.6 is 11.8 Å². The Bertz CT molecular complexity index is 140. The maximum Gasteiger partial charge on any atom is 0.151 e. The number of nitrogens with two attached hydrogens (primary N) is 1. The highest BCUT2D eigenvalue weighted by atomic mass is 32.2. The van der Waals surface area contributed by atoms with Crippen molar-refractivity contribution >= 4 is 24.8 Å². The van der Waals surface area contributed by atoms with E-state index >= 15 is 0 Å². The van der Waals surface area contributed by atoms with Crippen molar-refractivity contribution in [3.8, 4) is 0 Å². The molecule has 2 nitrogen and oxygen atoms in total. The third kappa shape index (κ3) is 4.35. The molecule has 0 aliphatic carbocycles. The molecule has 0 aromatic heterocycles. The molecule has 1 atom stereocenters.